The van der Waals surface area contributed by atoms with Crippen LogP contribution in [0.4, 0.5) is 0 Å². The van der Waals surface area contributed by atoms with Gasteiger partial charge in [-0.15, -0.1) is 0 Å². The molecule has 0 aliphatic rings. The smallest absolute Gasteiger partial charge is 0.174 e. The average Bonchev–Trinajstić information content (AvgIpc) is 2.63. The minimum absolute atomic E-state index is 0.145. The fourth-order valence-corrected chi connectivity index (χ4v) is 2.36. The topological polar surface area (TPSA) is 39.2 Å². The van der Waals surface area contributed by atoms with Crippen molar-refractivity contribution in [3.8, 4) is 0 Å². The average molecular weight is 280 g/mol. The van der Waals surface area contributed by atoms with Gasteiger partial charge in [0.05, 0.1) is 12.3 Å². The Bertz CT molecular complexity index is 504. The second-order valence-corrected chi connectivity index (χ2v) is 4.71. The Hall–Kier alpha value is -1.06. The maximum Gasteiger partial charge on any atom is 0.174 e. The highest BCUT2D eigenvalue weighted by Crippen LogP contribution is 2.29. The lowest BCUT2D eigenvalue weighted by Crippen LogP contribution is -2.13. The molecule has 2 nitrogen and oxygen atoms in total. The van der Waals surface area contributed by atoms with Gasteiger partial charge in [-0.1, -0.05) is 23.8 Å². The first-order valence-electron chi connectivity index (χ1n) is 5.15. The van der Waals surface area contributed by atoms with Crippen LogP contribution >= 0.6 is 15.9 Å². The van der Waals surface area contributed by atoms with Crippen molar-refractivity contribution in [3.63, 3.8) is 0 Å². The van der Waals surface area contributed by atoms with E-state index in [0.29, 0.717) is 4.67 Å². The molecule has 0 bridgehead atoms. The van der Waals surface area contributed by atoms with Crippen LogP contribution in [0.2, 0.25) is 0 Å². The van der Waals surface area contributed by atoms with E-state index in [1.165, 1.54) is 11.1 Å². The molecule has 0 spiro atoms. The van der Waals surface area contributed by atoms with Crippen molar-refractivity contribution in [2.75, 3.05) is 0 Å². The van der Waals surface area contributed by atoms with Crippen molar-refractivity contribution >= 4 is 15.9 Å². The summed E-state index contributed by atoms with van der Waals surface area (Å²) in [7, 11) is 0. The Balaban J connectivity index is 2.41. The summed E-state index contributed by atoms with van der Waals surface area (Å²) in [6, 6.07) is 8.05. The first-order chi connectivity index (χ1) is 7.59. The molecule has 1 unspecified atom stereocenters. The number of benzene rings is 1. The van der Waals surface area contributed by atoms with Crippen LogP contribution in [-0.2, 0) is 0 Å². The van der Waals surface area contributed by atoms with Crippen molar-refractivity contribution in [1.82, 2.24) is 0 Å². The fourth-order valence-electron chi connectivity index (χ4n) is 1.87. The Kier molecular flexibility index (Phi) is 3.17. The molecule has 3 heteroatoms. The highest BCUT2D eigenvalue weighted by Gasteiger charge is 2.16. The standard InChI is InChI=1S/C13H14BrNO/c1-8-3-4-10(9(2)7-8)12(15)11-5-6-16-13(11)14/h3-7,12H,15H2,1-2H3. The van der Waals surface area contributed by atoms with Crippen molar-refractivity contribution in [2.24, 2.45) is 5.73 Å². The molecule has 0 radical (unpaired) electrons. The van der Waals surface area contributed by atoms with E-state index < -0.39 is 0 Å². The summed E-state index contributed by atoms with van der Waals surface area (Å²) in [4.78, 5) is 0. The van der Waals surface area contributed by atoms with Gasteiger partial charge in [0.1, 0.15) is 0 Å². The number of halogens is 1. The minimum atomic E-state index is -0.145. The van der Waals surface area contributed by atoms with Crippen LogP contribution in [0.15, 0.2) is 39.6 Å². The Morgan fingerprint density at radius 1 is 1.19 bits per heavy atom. The lowest BCUT2D eigenvalue weighted by atomic mass is 9.96. The maximum absolute atomic E-state index is 6.22. The van der Waals surface area contributed by atoms with E-state index in [4.69, 9.17) is 10.2 Å². The van der Waals surface area contributed by atoms with Gasteiger partial charge in [0.15, 0.2) is 4.67 Å². The van der Waals surface area contributed by atoms with E-state index in [-0.39, 0.29) is 6.04 Å². The third-order valence-corrected chi connectivity index (χ3v) is 3.39. The second-order valence-electron chi connectivity index (χ2n) is 3.99. The van der Waals surface area contributed by atoms with E-state index in [1.54, 1.807) is 6.26 Å². The van der Waals surface area contributed by atoms with Crippen LogP contribution in [0.1, 0.15) is 28.3 Å². The second kappa shape index (κ2) is 4.44. The van der Waals surface area contributed by atoms with Gasteiger partial charge in [-0.05, 0) is 47.0 Å². The lowest BCUT2D eigenvalue weighted by molar-refractivity contribution is 0.534. The molecule has 2 aromatic rings. The molecule has 2 N–H and O–H groups in total. The Morgan fingerprint density at radius 3 is 2.50 bits per heavy atom. The molecule has 0 saturated carbocycles. The summed E-state index contributed by atoms with van der Waals surface area (Å²) < 4.78 is 5.92. The van der Waals surface area contributed by atoms with Gasteiger partial charge in [0.25, 0.3) is 0 Å². The molecular weight excluding hydrogens is 266 g/mol. The van der Waals surface area contributed by atoms with Crippen LogP contribution < -0.4 is 5.73 Å². The van der Waals surface area contributed by atoms with Crippen molar-refractivity contribution in [2.45, 2.75) is 19.9 Å². The quantitative estimate of drug-likeness (QED) is 0.910. The van der Waals surface area contributed by atoms with E-state index in [9.17, 15) is 0 Å². The fraction of sp³-hybridized carbons (Fsp3) is 0.231. The van der Waals surface area contributed by atoms with Crippen LogP contribution in [0, 0.1) is 13.8 Å². The van der Waals surface area contributed by atoms with Gasteiger partial charge in [-0.25, -0.2) is 0 Å². The largest absolute Gasteiger partial charge is 0.457 e. The number of hydrogen-bond acceptors (Lipinski definition) is 2. The predicted octanol–water partition coefficient (Wildman–Crippen LogP) is 3.71. The Morgan fingerprint density at radius 2 is 1.94 bits per heavy atom. The SMILES string of the molecule is Cc1ccc(C(N)c2ccoc2Br)c(C)c1. The summed E-state index contributed by atoms with van der Waals surface area (Å²) in [5.74, 6) is 0. The highest BCUT2D eigenvalue weighted by atomic mass is 79.9. The van der Waals surface area contributed by atoms with E-state index in [2.05, 4.69) is 48.0 Å². The summed E-state index contributed by atoms with van der Waals surface area (Å²) in [5.41, 5.74) is 10.8. The molecule has 0 fully saturated rings. The summed E-state index contributed by atoms with van der Waals surface area (Å²) in [5, 5.41) is 0. The minimum Gasteiger partial charge on any atom is -0.457 e. The third-order valence-electron chi connectivity index (χ3n) is 2.74. The lowest BCUT2D eigenvalue weighted by Gasteiger charge is -2.14. The molecule has 16 heavy (non-hydrogen) atoms. The zero-order valence-corrected chi connectivity index (χ0v) is 10.9. The molecule has 1 heterocycles. The van der Waals surface area contributed by atoms with Gasteiger partial charge in [0, 0.05) is 5.56 Å². The van der Waals surface area contributed by atoms with Gasteiger partial charge in [-0.3, -0.25) is 0 Å². The maximum atomic E-state index is 6.22. The molecule has 1 atom stereocenters. The van der Waals surface area contributed by atoms with Gasteiger partial charge in [-0.2, -0.15) is 0 Å². The van der Waals surface area contributed by atoms with Crippen molar-refractivity contribution < 1.29 is 4.42 Å². The zero-order valence-electron chi connectivity index (χ0n) is 9.33. The third kappa shape index (κ3) is 2.06. The zero-order chi connectivity index (χ0) is 11.7. The highest BCUT2D eigenvalue weighted by molar-refractivity contribution is 9.10. The molecular formula is C13H14BrNO. The van der Waals surface area contributed by atoms with Crippen LogP contribution in [0.25, 0.3) is 0 Å². The molecule has 0 amide bonds. The summed E-state index contributed by atoms with van der Waals surface area (Å²) in [6.07, 6.45) is 1.64. The Labute approximate surface area is 104 Å². The summed E-state index contributed by atoms with van der Waals surface area (Å²) in [6.45, 7) is 4.16. The number of nitrogens with two attached hydrogens (primary N) is 1. The molecule has 2 rings (SSSR count). The molecule has 0 aliphatic carbocycles. The molecule has 1 aromatic heterocycles. The van der Waals surface area contributed by atoms with E-state index in [1.807, 2.05) is 6.07 Å². The van der Waals surface area contributed by atoms with E-state index in [0.717, 1.165) is 11.1 Å². The number of furan rings is 1. The summed E-state index contributed by atoms with van der Waals surface area (Å²) >= 11 is 3.36. The molecule has 0 saturated heterocycles. The first kappa shape index (κ1) is 11.4. The molecule has 1 aromatic carbocycles. The number of rotatable bonds is 2. The number of aryl methyl sites for hydroxylation is 2. The van der Waals surface area contributed by atoms with E-state index >= 15 is 0 Å². The monoisotopic (exact) mass is 279 g/mol. The van der Waals surface area contributed by atoms with Gasteiger partial charge in [0.2, 0.25) is 0 Å². The van der Waals surface area contributed by atoms with Crippen LogP contribution in [0.5, 0.6) is 0 Å². The van der Waals surface area contributed by atoms with Gasteiger partial charge >= 0.3 is 0 Å². The van der Waals surface area contributed by atoms with Crippen LogP contribution in [-0.4, -0.2) is 0 Å². The normalized spacial score (nSPS) is 12.8. The van der Waals surface area contributed by atoms with Gasteiger partial charge < -0.3 is 10.2 Å². The van der Waals surface area contributed by atoms with Crippen molar-refractivity contribution in [1.29, 1.82) is 0 Å². The molecule has 0 aliphatic heterocycles. The number of hydrogen-bond donors (Lipinski definition) is 1. The predicted molar refractivity (Wildman–Crippen MR) is 68.4 cm³/mol. The van der Waals surface area contributed by atoms with Crippen LogP contribution in [0.3, 0.4) is 0 Å². The van der Waals surface area contributed by atoms with Crippen molar-refractivity contribution in [3.05, 3.63) is 57.5 Å². The molecule has 84 valence electrons. The first-order valence-corrected chi connectivity index (χ1v) is 5.94.